The van der Waals surface area contributed by atoms with Gasteiger partial charge >= 0.3 is 0 Å². The third-order valence-electron chi connectivity index (χ3n) is 0.775. The van der Waals surface area contributed by atoms with Crippen molar-refractivity contribution in [1.29, 1.82) is 0 Å². The molecule has 1 fully saturated rings. The molecular formula is C4H4O2S2. The second-order valence-electron chi connectivity index (χ2n) is 1.37. The number of hydrogen-bond donors (Lipinski definition) is 0. The lowest BCUT2D eigenvalue weighted by molar-refractivity contribution is -0.131. The van der Waals surface area contributed by atoms with Gasteiger partial charge in [0.1, 0.15) is 0 Å². The van der Waals surface area contributed by atoms with Crippen LogP contribution in [0.2, 0.25) is 0 Å². The summed E-state index contributed by atoms with van der Waals surface area (Å²) in [6, 6.07) is 0. The van der Waals surface area contributed by atoms with Crippen LogP contribution < -0.4 is 0 Å². The molecule has 0 radical (unpaired) electrons. The Bertz CT molecular complexity index is 116. The highest BCUT2D eigenvalue weighted by Crippen LogP contribution is 2.28. The maximum Gasteiger partial charge on any atom is 0.265 e. The maximum absolute atomic E-state index is 10.4. The number of ketones is 1. The molecular weight excluding hydrogens is 144 g/mol. The Labute approximate surface area is 54.8 Å². The molecule has 0 aliphatic carbocycles. The van der Waals surface area contributed by atoms with Crippen molar-refractivity contribution >= 4 is 32.5 Å². The van der Waals surface area contributed by atoms with Crippen molar-refractivity contribution in [2.45, 2.75) is 6.42 Å². The molecule has 0 bridgehead atoms. The molecule has 8 heavy (non-hydrogen) atoms. The highest BCUT2D eigenvalue weighted by Gasteiger charge is 2.18. The topological polar surface area (TPSA) is 34.1 Å². The van der Waals surface area contributed by atoms with Crippen LogP contribution in [0, 0.1) is 0 Å². The van der Waals surface area contributed by atoms with Gasteiger partial charge in [-0.1, -0.05) is 10.8 Å². The van der Waals surface area contributed by atoms with Crippen molar-refractivity contribution < 1.29 is 9.59 Å². The van der Waals surface area contributed by atoms with E-state index in [2.05, 4.69) is 0 Å². The van der Waals surface area contributed by atoms with Crippen LogP contribution >= 0.6 is 21.6 Å². The first-order chi connectivity index (χ1) is 3.80. The molecule has 1 heterocycles. The molecule has 1 aliphatic rings. The predicted octanol–water partition coefficient (Wildman–Crippen LogP) is 0.867. The van der Waals surface area contributed by atoms with Crippen LogP contribution in [0.4, 0.5) is 0 Å². The van der Waals surface area contributed by atoms with Crippen molar-refractivity contribution in [3.8, 4) is 0 Å². The number of carbonyl (C=O) groups is 2. The molecule has 1 aliphatic heterocycles. The van der Waals surface area contributed by atoms with Gasteiger partial charge in [-0.3, -0.25) is 9.59 Å². The van der Waals surface area contributed by atoms with E-state index in [9.17, 15) is 9.59 Å². The lowest BCUT2D eigenvalue weighted by atomic mass is 10.3. The Hall–Kier alpha value is 0.0400. The first-order valence-corrected chi connectivity index (χ1v) is 4.49. The van der Waals surface area contributed by atoms with Gasteiger partial charge in [0.05, 0.1) is 0 Å². The summed E-state index contributed by atoms with van der Waals surface area (Å²) in [5.74, 6) is 0.559. The van der Waals surface area contributed by atoms with E-state index in [1.165, 1.54) is 10.8 Å². The van der Waals surface area contributed by atoms with Gasteiger partial charge < -0.3 is 0 Å². The molecule has 0 aromatic carbocycles. The summed E-state index contributed by atoms with van der Waals surface area (Å²) in [5.41, 5.74) is 0. The second-order valence-corrected chi connectivity index (χ2v) is 3.75. The fourth-order valence-electron chi connectivity index (χ4n) is 0.378. The summed E-state index contributed by atoms with van der Waals surface area (Å²) in [7, 11) is 2.51. The minimum Gasteiger partial charge on any atom is -0.290 e. The van der Waals surface area contributed by atoms with Crippen LogP contribution in [0.25, 0.3) is 0 Å². The molecule has 0 spiro atoms. The normalized spacial score (nSPS) is 21.5. The van der Waals surface area contributed by atoms with E-state index in [0.717, 1.165) is 16.5 Å². The van der Waals surface area contributed by atoms with E-state index >= 15 is 0 Å². The van der Waals surface area contributed by atoms with Crippen LogP contribution in [0.5, 0.6) is 0 Å². The lowest BCUT2D eigenvalue weighted by Crippen LogP contribution is -2.12. The standard InChI is InChI=1S/C4H4O2S2/c5-3-1-2-7-8-4(3)6/h1-2H2. The minimum absolute atomic E-state index is 0.228. The van der Waals surface area contributed by atoms with Gasteiger partial charge in [-0.05, 0) is 10.8 Å². The minimum atomic E-state index is -0.291. The van der Waals surface area contributed by atoms with Gasteiger partial charge in [0, 0.05) is 12.2 Å². The number of Topliss-reactive ketones (excluding diaryl/α,β-unsaturated/α-hetero) is 1. The summed E-state index contributed by atoms with van der Waals surface area (Å²) in [6.07, 6.45) is 0.427. The first kappa shape index (κ1) is 6.16. The smallest absolute Gasteiger partial charge is 0.265 e. The Morgan fingerprint density at radius 2 is 2.12 bits per heavy atom. The zero-order valence-corrected chi connectivity index (χ0v) is 5.68. The average molecular weight is 148 g/mol. The van der Waals surface area contributed by atoms with Gasteiger partial charge in [-0.25, -0.2) is 0 Å². The Kier molecular flexibility index (Phi) is 1.96. The lowest BCUT2D eigenvalue weighted by Gasteiger charge is -2.03. The Morgan fingerprint density at radius 1 is 1.38 bits per heavy atom. The third kappa shape index (κ3) is 1.26. The fourth-order valence-corrected chi connectivity index (χ4v) is 2.13. The van der Waals surface area contributed by atoms with Crippen LogP contribution in [-0.2, 0) is 9.59 Å². The summed E-state index contributed by atoms with van der Waals surface area (Å²) < 4.78 is 0. The summed E-state index contributed by atoms with van der Waals surface area (Å²) in [4.78, 5) is 20.8. The van der Waals surface area contributed by atoms with Crippen LogP contribution in [0.1, 0.15) is 6.42 Å². The summed E-state index contributed by atoms with van der Waals surface area (Å²) >= 11 is 0. The molecule has 44 valence electrons. The van der Waals surface area contributed by atoms with E-state index < -0.39 is 0 Å². The number of hydrogen-bond acceptors (Lipinski definition) is 4. The van der Waals surface area contributed by atoms with E-state index in [-0.39, 0.29) is 10.9 Å². The molecule has 0 N–H and O–H groups in total. The molecule has 0 atom stereocenters. The zero-order chi connectivity index (χ0) is 5.98. The molecule has 2 nitrogen and oxygen atoms in total. The van der Waals surface area contributed by atoms with Crippen molar-refractivity contribution in [3.63, 3.8) is 0 Å². The average Bonchev–Trinajstić information content (AvgIpc) is 1.77. The third-order valence-corrected chi connectivity index (χ3v) is 2.95. The van der Waals surface area contributed by atoms with Gasteiger partial charge in [-0.15, -0.1) is 0 Å². The van der Waals surface area contributed by atoms with Crippen LogP contribution in [0.3, 0.4) is 0 Å². The van der Waals surface area contributed by atoms with Crippen molar-refractivity contribution in [1.82, 2.24) is 0 Å². The summed E-state index contributed by atoms with van der Waals surface area (Å²) in [6.45, 7) is 0. The molecule has 1 saturated heterocycles. The second kappa shape index (κ2) is 2.55. The monoisotopic (exact) mass is 148 g/mol. The number of carbonyl (C=O) groups excluding carboxylic acids is 2. The molecule has 0 amide bonds. The van der Waals surface area contributed by atoms with Crippen molar-refractivity contribution in [3.05, 3.63) is 0 Å². The summed E-state index contributed by atoms with van der Waals surface area (Å²) in [5, 5.41) is -0.291. The molecule has 0 aromatic heterocycles. The molecule has 0 aromatic rings. The predicted molar refractivity (Wildman–Crippen MR) is 34.7 cm³/mol. The van der Waals surface area contributed by atoms with E-state index in [4.69, 9.17) is 0 Å². The molecule has 4 heteroatoms. The van der Waals surface area contributed by atoms with Gasteiger partial charge in [0.15, 0.2) is 0 Å². The molecule has 1 rings (SSSR count). The highest BCUT2D eigenvalue weighted by atomic mass is 33.1. The first-order valence-electron chi connectivity index (χ1n) is 2.17. The highest BCUT2D eigenvalue weighted by molar-refractivity contribution is 8.82. The van der Waals surface area contributed by atoms with Gasteiger partial charge in [-0.2, -0.15) is 0 Å². The van der Waals surface area contributed by atoms with Crippen molar-refractivity contribution in [2.24, 2.45) is 0 Å². The van der Waals surface area contributed by atoms with Gasteiger partial charge in [0.2, 0.25) is 5.78 Å². The maximum atomic E-state index is 10.4. The molecule has 0 unspecified atom stereocenters. The Morgan fingerprint density at radius 3 is 2.50 bits per heavy atom. The number of rotatable bonds is 0. The largest absolute Gasteiger partial charge is 0.290 e. The van der Waals surface area contributed by atoms with Crippen LogP contribution in [-0.4, -0.2) is 16.7 Å². The van der Waals surface area contributed by atoms with Crippen molar-refractivity contribution in [2.75, 3.05) is 5.75 Å². The Balaban J connectivity index is 2.52. The quantitative estimate of drug-likeness (QED) is 0.377. The zero-order valence-electron chi connectivity index (χ0n) is 4.05. The van der Waals surface area contributed by atoms with Crippen LogP contribution in [0.15, 0.2) is 0 Å². The molecule has 0 saturated carbocycles. The SMILES string of the molecule is O=C1CCSSC1=O. The van der Waals surface area contributed by atoms with E-state index in [1.807, 2.05) is 0 Å². The van der Waals surface area contributed by atoms with E-state index in [0.29, 0.717) is 6.42 Å². The van der Waals surface area contributed by atoms with E-state index in [1.54, 1.807) is 0 Å². The van der Waals surface area contributed by atoms with Gasteiger partial charge in [0.25, 0.3) is 5.12 Å². The fraction of sp³-hybridized carbons (Fsp3) is 0.500.